The first-order valence-corrected chi connectivity index (χ1v) is 13.5. The highest BCUT2D eigenvalue weighted by atomic mass is 31.2. The minimum absolute atomic E-state index is 0.337. The van der Waals surface area contributed by atoms with E-state index in [-0.39, 0.29) is 0 Å². The number of hydrogen-bond donors (Lipinski definition) is 0. The Bertz CT molecular complexity index is 1290. The quantitative estimate of drug-likeness (QED) is 0.206. The van der Waals surface area contributed by atoms with Gasteiger partial charge in [-0.2, -0.15) is 0 Å². The maximum absolute atomic E-state index is 14.8. The Kier molecular flexibility index (Phi) is 7.84. The number of methoxy groups -OCH3 is 2. The fourth-order valence-corrected chi connectivity index (χ4v) is 6.74. The van der Waals surface area contributed by atoms with Crippen LogP contribution in [-0.2, 0) is 11.0 Å². The van der Waals surface area contributed by atoms with Crippen molar-refractivity contribution in [3.05, 3.63) is 114 Å². The molecule has 0 amide bonds. The molecule has 4 rings (SSSR count). The van der Waals surface area contributed by atoms with Gasteiger partial charge in [0.05, 0.1) is 19.9 Å². The zero-order valence-electron chi connectivity index (χ0n) is 20.3. The number of rotatable bonds is 9. The summed E-state index contributed by atoms with van der Waals surface area (Å²) in [7, 11) is 0.235. The van der Waals surface area contributed by atoms with Crippen LogP contribution in [0.3, 0.4) is 0 Å². The van der Waals surface area contributed by atoms with E-state index in [0.717, 1.165) is 27.6 Å². The minimum Gasteiger partial charge on any atom is -0.493 e. The van der Waals surface area contributed by atoms with Crippen molar-refractivity contribution < 1.29 is 14.0 Å². The number of hydrogen-bond acceptors (Lipinski definition) is 4. The van der Waals surface area contributed by atoms with Crippen LogP contribution in [0.1, 0.15) is 11.1 Å². The summed E-state index contributed by atoms with van der Waals surface area (Å²) in [6.45, 7) is 2.07. The van der Waals surface area contributed by atoms with Crippen LogP contribution in [0.2, 0.25) is 0 Å². The predicted octanol–water partition coefficient (Wildman–Crippen LogP) is 6.34. The molecule has 0 aromatic heterocycles. The van der Waals surface area contributed by atoms with E-state index in [9.17, 15) is 4.57 Å². The molecule has 4 aromatic rings. The van der Waals surface area contributed by atoms with Gasteiger partial charge in [0.2, 0.25) is 0 Å². The maximum Gasteiger partial charge on any atom is 0.162 e. The lowest BCUT2D eigenvalue weighted by Crippen LogP contribution is -2.23. The molecule has 0 aliphatic carbocycles. The molecule has 0 radical (unpaired) electrons. The number of ether oxygens (including phenoxy) is 2. The van der Waals surface area contributed by atoms with E-state index < -0.39 is 7.14 Å². The Labute approximate surface area is 207 Å². The van der Waals surface area contributed by atoms with Crippen molar-refractivity contribution in [3.8, 4) is 11.5 Å². The first kappa shape index (κ1) is 24.5. The summed E-state index contributed by atoms with van der Waals surface area (Å²) in [5.41, 5.74) is 3.91. The lowest BCUT2D eigenvalue weighted by Gasteiger charge is -2.21. The van der Waals surface area contributed by atoms with E-state index in [0.29, 0.717) is 24.1 Å². The van der Waals surface area contributed by atoms with Gasteiger partial charge < -0.3 is 14.0 Å². The lowest BCUT2D eigenvalue weighted by molar-refractivity contribution is 0.355. The second-order valence-electron chi connectivity index (χ2n) is 8.45. The van der Waals surface area contributed by atoms with E-state index in [4.69, 9.17) is 14.5 Å². The van der Waals surface area contributed by atoms with Crippen molar-refractivity contribution in [1.82, 2.24) is 0 Å². The van der Waals surface area contributed by atoms with Crippen molar-refractivity contribution >= 4 is 29.2 Å². The van der Waals surface area contributed by atoms with Crippen LogP contribution < -0.4 is 20.1 Å². The van der Waals surface area contributed by atoms with E-state index in [2.05, 4.69) is 31.2 Å². The van der Waals surface area contributed by atoms with Gasteiger partial charge in [0, 0.05) is 35.0 Å². The SMILES string of the molecule is COc1ccc(N=C(Cc2ccc(C)cc2)CP(=O)(c2ccccc2)c2ccccc2)cc1OC. The molecule has 0 saturated heterocycles. The first-order valence-electron chi connectivity index (χ1n) is 11.6. The van der Waals surface area contributed by atoms with Crippen LogP contribution in [0, 0.1) is 6.92 Å². The summed E-state index contributed by atoms with van der Waals surface area (Å²) in [5, 5.41) is 1.66. The summed E-state index contributed by atoms with van der Waals surface area (Å²) in [6.07, 6.45) is 0.932. The van der Waals surface area contributed by atoms with Crippen molar-refractivity contribution in [2.45, 2.75) is 13.3 Å². The molecule has 0 saturated carbocycles. The second kappa shape index (κ2) is 11.2. The first-order chi connectivity index (χ1) is 17.0. The maximum atomic E-state index is 14.8. The predicted molar refractivity (Wildman–Crippen MR) is 146 cm³/mol. The number of aliphatic imine (C=N–C) groups is 1. The summed E-state index contributed by atoms with van der Waals surface area (Å²) in [6, 6.07) is 33.5. The third-order valence-electron chi connectivity index (χ3n) is 5.93. The van der Waals surface area contributed by atoms with Crippen LogP contribution in [0.25, 0.3) is 0 Å². The molecule has 0 aliphatic heterocycles. The molecule has 0 spiro atoms. The average Bonchev–Trinajstić information content (AvgIpc) is 2.90. The van der Waals surface area contributed by atoms with Gasteiger partial charge in [-0.3, -0.25) is 4.99 Å². The van der Waals surface area contributed by atoms with Gasteiger partial charge in [0.15, 0.2) is 11.5 Å². The Morgan fingerprint density at radius 3 is 1.86 bits per heavy atom. The summed E-state index contributed by atoms with van der Waals surface area (Å²) in [4.78, 5) is 5.01. The van der Waals surface area contributed by atoms with E-state index in [1.165, 1.54) is 5.56 Å². The molecule has 0 bridgehead atoms. The molecule has 0 heterocycles. The van der Waals surface area contributed by atoms with Gasteiger partial charge in [0.1, 0.15) is 7.14 Å². The van der Waals surface area contributed by atoms with Crippen molar-refractivity contribution in [3.63, 3.8) is 0 Å². The minimum atomic E-state index is -2.98. The van der Waals surface area contributed by atoms with Crippen LogP contribution in [0.5, 0.6) is 11.5 Å². The summed E-state index contributed by atoms with van der Waals surface area (Å²) in [5.74, 6) is 1.25. The zero-order valence-corrected chi connectivity index (χ0v) is 21.2. The topological polar surface area (TPSA) is 47.9 Å². The molecular formula is C30H30NO3P. The normalized spacial score (nSPS) is 11.8. The van der Waals surface area contributed by atoms with Crippen LogP contribution in [0.15, 0.2) is 108 Å². The molecule has 0 unspecified atom stereocenters. The number of aryl methyl sites for hydroxylation is 1. The molecular weight excluding hydrogens is 453 g/mol. The van der Waals surface area contributed by atoms with E-state index in [1.54, 1.807) is 14.2 Å². The van der Waals surface area contributed by atoms with Crippen molar-refractivity contribution in [1.29, 1.82) is 0 Å². The van der Waals surface area contributed by atoms with E-state index in [1.807, 2.05) is 78.9 Å². The molecule has 35 heavy (non-hydrogen) atoms. The highest BCUT2D eigenvalue weighted by molar-refractivity contribution is 7.79. The fourth-order valence-electron chi connectivity index (χ4n) is 4.08. The average molecular weight is 484 g/mol. The van der Waals surface area contributed by atoms with E-state index >= 15 is 0 Å². The molecule has 4 aromatic carbocycles. The Hall–Kier alpha value is -3.62. The molecule has 178 valence electrons. The number of benzene rings is 4. The van der Waals surface area contributed by atoms with Crippen LogP contribution in [0.4, 0.5) is 5.69 Å². The zero-order chi connectivity index (χ0) is 24.7. The third-order valence-corrected chi connectivity index (χ3v) is 9.01. The van der Waals surface area contributed by atoms with Gasteiger partial charge in [-0.05, 0) is 24.6 Å². The Morgan fingerprint density at radius 1 is 0.743 bits per heavy atom. The molecule has 0 N–H and O–H groups in total. The third kappa shape index (κ3) is 5.90. The monoisotopic (exact) mass is 483 g/mol. The van der Waals surface area contributed by atoms with Gasteiger partial charge >= 0.3 is 0 Å². The van der Waals surface area contributed by atoms with Gasteiger partial charge in [-0.25, -0.2) is 0 Å². The second-order valence-corrected chi connectivity index (χ2v) is 11.3. The smallest absolute Gasteiger partial charge is 0.162 e. The van der Waals surface area contributed by atoms with Gasteiger partial charge in [-0.15, -0.1) is 0 Å². The standard InChI is InChI=1S/C30H30NO3P/c1-23-14-16-24(17-15-23)20-26(31-25-18-19-29(33-2)30(21-25)34-3)22-35(32,27-10-6-4-7-11-27)28-12-8-5-9-13-28/h4-19,21H,20,22H2,1-3H3. The molecule has 0 fully saturated rings. The fraction of sp³-hybridized carbons (Fsp3) is 0.167. The molecule has 4 nitrogen and oxygen atoms in total. The number of nitrogens with zero attached hydrogens (tertiary/aromatic N) is 1. The Morgan fingerprint density at radius 2 is 1.31 bits per heavy atom. The highest BCUT2D eigenvalue weighted by Crippen LogP contribution is 2.44. The summed E-state index contributed by atoms with van der Waals surface area (Å²) >= 11 is 0. The van der Waals surface area contributed by atoms with Crippen molar-refractivity contribution in [2.75, 3.05) is 20.4 Å². The van der Waals surface area contributed by atoms with Crippen LogP contribution in [-0.4, -0.2) is 26.1 Å². The highest BCUT2D eigenvalue weighted by Gasteiger charge is 2.29. The lowest BCUT2D eigenvalue weighted by atomic mass is 10.1. The van der Waals surface area contributed by atoms with Gasteiger partial charge in [-0.1, -0.05) is 90.5 Å². The molecule has 5 heteroatoms. The van der Waals surface area contributed by atoms with Gasteiger partial charge in [0.25, 0.3) is 0 Å². The molecule has 0 aliphatic rings. The van der Waals surface area contributed by atoms with Crippen LogP contribution >= 0.6 is 7.14 Å². The van der Waals surface area contributed by atoms with Crippen molar-refractivity contribution in [2.24, 2.45) is 4.99 Å². The summed E-state index contributed by atoms with van der Waals surface area (Å²) < 4.78 is 25.6. The largest absolute Gasteiger partial charge is 0.493 e. The molecule has 0 atom stereocenters. The Balaban J connectivity index is 1.81.